The molecule has 1 saturated heterocycles. The van der Waals surface area contributed by atoms with E-state index in [2.05, 4.69) is 5.32 Å². The summed E-state index contributed by atoms with van der Waals surface area (Å²) in [5.74, 6) is -0.618. The summed E-state index contributed by atoms with van der Waals surface area (Å²) in [5.41, 5.74) is -0.332. The van der Waals surface area contributed by atoms with Crippen LogP contribution in [-0.2, 0) is 16.2 Å². The van der Waals surface area contributed by atoms with Gasteiger partial charge in [0.15, 0.2) is 0 Å². The number of piperidine rings is 1. The van der Waals surface area contributed by atoms with Crippen molar-refractivity contribution in [1.29, 1.82) is 0 Å². The molecule has 0 radical (unpaired) electrons. The Morgan fingerprint density at radius 2 is 1.68 bits per heavy atom. The molecule has 0 saturated carbocycles. The number of nitrogens with zero attached hydrogens (tertiary/aromatic N) is 1. The summed E-state index contributed by atoms with van der Waals surface area (Å²) in [4.78, 5) is 12.7. The van der Waals surface area contributed by atoms with E-state index in [0.717, 1.165) is 31.4 Å². The minimum atomic E-state index is -4.45. The molecule has 1 fully saturated rings. The van der Waals surface area contributed by atoms with Gasteiger partial charge in [0, 0.05) is 13.1 Å². The Balaban J connectivity index is 1.79. The van der Waals surface area contributed by atoms with Crippen molar-refractivity contribution in [2.45, 2.75) is 43.3 Å². The minimum Gasteiger partial charge on any atom is -0.345 e. The van der Waals surface area contributed by atoms with E-state index in [4.69, 9.17) is 11.6 Å². The van der Waals surface area contributed by atoms with E-state index in [1.54, 1.807) is 6.92 Å². The maximum Gasteiger partial charge on any atom is 0.416 e. The van der Waals surface area contributed by atoms with Crippen LogP contribution < -0.4 is 5.32 Å². The lowest BCUT2D eigenvalue weighted by molar-refractivity contribution is -0.137. The largest absolute Gasteiger partial charge is 0.416 e. The van der Waals surface area contributed by atoms with Crippen molar-refractivity contribution >= 4 is 27.5 Å². The number of hydrogen-bond acceptors (Lipinski definition) is 3. The monoisotopic (exact) mass is 474 g/mol. The first-order valence-electron chi connectivity index (χ1n) is 9.78. The maximum atomic E-state index is 12.9. The second-order valence-electron chi connectivity index (χ2n) is 7.42. The van der Waals surface area contributed by atoms with Crippen LogP contribution in [0.1, 0.15) is 53.7 Å². The molecular weight excluding hydrogens is 453 g/mol. The molecule has 0 aliphatic carbocycles. The van der Waals surface area contributed by atoms with E-state index in [1.807, 2.05) is 0 Å². The molecule has 31 heavy (non-hydrogen) atoms. The number of carbonyl (C=O) groups is 1. The molecule has 168 valence electrons. The van der Waals surface area contributed by atoms with Crippen LogP contribution in [0.15, 0.2) is 47.4 Å². The number of carbonyl (C=O) groups excluding carboxylic acids is 1. The highest BCUT2D eigenvalue weighted by molar-refractivity contribution is 7.89. The average Bonchev–Trinajstić information content (AvgIpc) is 2.74. The fourth-order valence-corrected chi connectivity index (χ4v) is 5.16. The number of alkyl halides is 3. The molecule has 1 heterocycles. The predicted octanol–water partition coefficient (Wildman–Crippen LogP) is 5.02. The highest BCUT2D eigenvalue weighted by Gasteiger charge is 2.30. The molecule has 1 amide bonds. The average molecular weight is 475 g/mol. The lowest BCUT2D eigenvalue weighted by atomic mass is 10.1. The summed E-state index contributed by atoms with van der Waals surface area (Å²) in [5, 5.41) is 2.74. The summed E-state index contributed by atoms with van der Waals surface area (Å²) in [6.45, 7) is 2.47. The van der Waals surface area contributed by atoms with Gasteiger partial charge in [0.05, 0.1) is 27.1 Å². The Labute approximate surface area is 184 Å². The second kappa shape index (κ2) is 9.18. The van der Waals surface area contributed by atoms with Gasteiger partial charge in [0.2, 0.25) is 10.0 Å². The molecule has 1 aliphatic heterocycles. The molecular formula is C21H22ClF3N2O3S. The lowest BCUT2D eigenvalue weighted by Gasteiger charge is -2.26. The van der Waals surface area contributed by atoms with Gasteiger partial charge in [-0.2, -0.15) is 17.5 Å². The topological polar surface area (TPSA) is 66.5 Å². The zero-order valence-electron chi connectivity index (χ0n) is 16.7. The first kappa shape index (κ1) is 23.6. The first-order chi connectivity index (χ1) is 14.5. The molecule has 10 heteroatoms. The third kappa shape index (κ3) is 5.39. The Bertz CT molecular complexity index is 1050. The molecule has 2 aromatic rings. The Morgan fingerprint density at radius 1 is 1.06 bits per heavy atom. The van der Waals surface area contributed by atoms with Crippen molar-refractivity contribution in [1.82, 2.24) is 9.62 Å². The van der Waals surface area contributed by atoms with E-state index in [9.17, 15) is 26.4 Å². The van der Waals surface area contributed by atoms with E-state index in [1.165, 1.54) is 34.6 Å². The normalized spacial score (nSPS) is 16.7. The summed E-state index contributed by atoms with van der Waals surface area (Å²) < 4.78 is 65.4. The van der Waals surface area contributed by atoms with Crippen molar-refractivity contribution in [3.05, 3.63) is 64.2 Å². The molecule has 5 nitrogen and oxygen atoms in total. The first-order valence-corrected chi connectivity index (χ1v) is 11.6. The zero-order chi connectivity index (χ0) is 22.8. The van der Waals surface area contributed by atoms with Crippen molar-refractivity contribution in [3.63, 3.8) is 0 Å². The van der Waals surface area contributed by atoms with Crippen LogP contribution in [0.25, 0.3) is 0 Å². The number of nitrogens with one attached hydrogen (secondary N) is 1. The van der Waals surface area contributed by atoms with Gasteiger partial charge in [-0.1, -0.05) is 30.2 Å². The van der Waals surface area contributed by atoms with E-state index in [-0.39, 0.29) is 15.5 Å². The summed E-state index contributed by atoms with van der Waals surface area (Å²) in [6, 6.07) is 7.79. The summed E-state index contributed by atoms with van der Waals surface area (Å²) >= 11 is 6.13. The van der Waals surface area contributed by atoms with Crippen LogP contribution in [0.2, 0.25) is 5.02 Å². The number of hydrogen-bond donors (Lipinski definition) is 1. The van der Waals surface area contributed by atoms with Gasteiger partial charge < -0.3 is 5.32 Å². The van der Waals surface area contributed by atoms with Gasteiger partial charge >= 0.3 is 6.18 Å². The predicted molar refractivity (Wildman–Crippen MR) is 111 cm³/mol. The molecule has 0 spiro atoms. The molecule has 1 N–H and O–H groups in total. The second-order valence-corrected chi connectivity index (χ2v) is 9.77. The zero-order valence-corrected chi connectivity index (χ0v) is 18.3. The SMILES string of the molecule is CC(NC(=O)c1cc(S(=O)(=O)N2CCCCC2)ccc1Cl)c1ccc(C(F)(F)F)cc1. The van der Waals surface area contributed by atoms with Crippen LogP contribution in [0.3, 0.4) is 0 Å². The number of benzene rings is 2. The highest BCUT2D eigenvalue weighted by atomic mass is 35.5. The maximum absolute atomic E-state index is 12.9. The smallest absolute Gasteiger partial charge is 0.345 e. The van der Waals surface area contributed by atoms with E-state index >= 15 is 0 Å². The third-order valence-electron chi connectivity index (χ3n) is 5.22. The number of sulfonamides is 1. The molecule has 1 atom stereocenters. The van der Waals surface area contributed by atoms with Crippen LogP contribution in [0.5, 0.6) is 0 Å². The van der Waals surface area contributed by atoms with Gasteiger partial charge in [0.25, 0.3) is 5.91 Å². The molecule has 1 aliphatic rings. The number of rotatable bonds is 5. The van der Waals surface area contributed by atoms with Crippen molar-refractivity contribution < 1.29 is 26.4 Å². The molecule has 1 unspecified atom stereocenters. The van der Waals surface area contributed by atoms with Gasteiger partial charge in [0.1, 0.15) is 0 Å². The van der Waals surface area contributed by atoms with E-state index < -0.39 is 33.7 Å². The van der Waals surface area contributed by atoms with E-state index in [0.29, 0.717) is 18.7 Å². The fourth-order valence-electron chi connectivity index (χ4n) is 3.41. The van der Waals surface area contributed by atoms with Gasteiger partial charge in [-0.25, -0.2) is 8.42 Å². The van der Waals surface area contributed by atoms with Crippen LogP contribution in [-0.4, -0.2) is 31.7 Å². The minimum absolute atomic E-state index is 0.0153. The number of halogens is 4. The van der Waals surface area contributed by atoms with Gasteiger partial charge in [-0.3, -0.25) is 4.79 Å². The molecule has 0 aromatic heterocycles. The van der Waals surface area contributed by atoms with Crippen LogP contribution >= 0.6 is 11.6 Å². The summed E-state index contributed by atoms with van der Waals surface area (Å²) in [7, 11) is -3.75. The fraction of sp³-hybridized carbons (Fsp3) is 0.381. The molecule has 3 rings (SSSR count). The summed E-state index contributed by atoms with van der Waals surface area (Å²) in [6.07, 6.45) is -1.91. The lowest BCUT2D eigenvalue weighted by Crippen LogP contribution is -2.35. The molecule has 0 bridgehead atoms. The Kier molecular flexibility index (Phi) is 6.98. The standard InChI is InChI=1S/C21H22ClF3N2O3S/c1-14(15-5-7-16(8-6-15)21(23,24)25)26-20(28)18-13-17(9-10-19(18)22)31(29,30)27-11-3-2-4-12-27/h5-10,13-14H,2-4,11-12H2,1H3,(H,26,28). The highest BCUT2D eigenvalue weighted by Crippen LogP contribution is 2.30. The Morgan fingerprint density at radius 3 is 2.26 bits per heavy atom. The van der Waals surface area contributed by atoms with Crippen LogP contribution in [0.4, 0.5) is 13.2 Å². The third-order valence-corrected chi connectivity index (χ3v) is 7.45. The quantitative estimate of drug-likeness (QED) is 0.661. The van der Waals surface area contributed by atoms with Gasteiger partial charge in [-0.15, -0.1) is 0 Å². The van der Waals surface area contributed by atoms with Crippen molar-refractivity contribution in [3.8, 4) is 0 Å². The van der Waals surface area contributed by atoms with Gasteiger partial charge in [-0.05, 0) is 55.7 Å². The van der Waals surface area contributed by atoms with Crippen molar-refractivity contribution in [2.24, 2.45) is 0 Å². The van der Waals surface area contributed by atoms with Crippen molar-refractivity contribution in [2.75, 3.05) is 13.1 Å². The van der Waals surface area contributed by atoms with Crippen LogP contribution in [0, 0.1) is 0 Å². The molecule has 2 aromatic carbocycles. The Hall–Kier alpha value is -2.10. The number of amides is 1.